The van der Waals surface area contributed by atoms with Crippen molar-refractivity contribution < 1.29 is 74.1 Å². The number of halogens is 3. The molecule has 120 heavy (non-hydrogen) atoms. The summed E-state index contributed by atoms with van der Waals surface area (Å²) in [6, 6.07) is 31.9. The molecule has 3 aliphatic rings. The van der Waals surface area contributed by atoms with Gasteiger partial charge in [-0.2, -0.15) is 0 Å². The van der Waals surface area contributed by atoms with Gasteiger partial charge in [-0.3, -0.25) is 0 Å². The number of alkyl carbamates (subject to hydrolysis) is 2. The van der Waals surface area contributed by atoms with E-state index in [9.17, 15) is 37.1 Å². The van der Waals surface area contributed by atoms with Crippen LogP contribution in [0.5, 0.6) is 0 Å². The monoisotopic (exact) mass is 1720 g/mol. The first-order valence-corrected chi connectivity index (χ1v) is 50.3. The highest BCUT2D eigenvalue weighted by atomic mass is 28.4. The van der Waals surface area contributed by atoms with E-state index in [0.29, 0.717) is 56.5 Å². The van der Waals surface area contributed by atoms with Gasteiger partial charge in [-0.15, -0.1) is 0 Å². The standard InChI is InChI=1S/2C33H46FN3O5Si.C25H40FN3O3Si.CH4/c2*1-32(2,3)41-31(39)37-20-24(42-43(7,8)33(4,5)6)17-29(37)27(26-18-35-28-16-23(34)14-15-25(26)28)19-36-30(38)40-21-22-12-10-9-11-13-22;1-24(2,3)31-23(30)29-15-17(32-33(7,8)25(4,5)6)12-22(29)19(13-27)20-14-28-21-11-16(26)9-10-18(20)21;/h2*9-16,18,24,27,29,35H,17,19-21H2,1-8H3,(H,36,38);9-11,14,17,19,22,28H,12-13,15,27H2,1-8H3;1H4/t24-,27+,29+;24-,27-,29+;17-,19?,22+;/m111./s1. The number of likely N-dealkylation sites (tertiary alicyclic amines) is 3. The topological polar surface area (TPSA) is 266 Å². The van der Waals surface area contributed by atoms with Crippen LogP contribution in [0.25, 0.3) is 32.7 Å². The predicted octanol–water partition coefficient (Wildman–Crippen LogP) is 21.8. The average molecular weight is 1720 g/mol. The molecule has 660 valence electrons. The van der Waals surface area contributed by atoms with Gasteiger partial charge in [0.1, 0.15) is 47.5 Å². The fourth-order valence-electron chi connectivity index (χ4n) is 14.9. The average Bonchev–Trinajstić information content (AvgIpc) is 1.63. The number of ether oxygens (including phenoxy) is 5. The third-order valence-electron chi connectivity index (χ3n) is 23.8. The van der Waals surface area contributed by atoms with Crippen LogP contribution >= 0.6 is 0 Å². The van der Waals surface area contributed by atoms with Crippen LogP contribution in [0.15, 0.2) is 134 Å². The highest BCUT2D eigenvalue weighted by Crippen LogP contribution is 2.46. The number of H-pyrrole nitrogens is 3. The minimum atomic E-state index is -2.16. The smallest absolute Gasteiger partial charge is 0.410 e. The molecule has 0 spiro atoms. The van der Waals surface area contributed by atoms with Crippen molar-refractivity contribution in [2.45, 2.75) is 290 Å². The van der Waals surface area contributed by atoms with E-state index in [1.165, 1.54) is 36.4 Å². The van der Waals surface area contributed by atoms with E-state index in [-0.39, 0.29) is 127 Å². The molecule has 3 fully saturated rings. The molecule has 28 heteroatoms. The largest absolute Gasteiger partial charge is 0.445 e. The van der Waals surface area contributed by atoms with Crippen LogP contribution in [-0.4, -0.2) is 178 Å². The lowest BCUT2D eigenvalue weighted by molar-refractivity contribution is 0.0181. The number of hydrogen-bond acceptors (Lipinski definition) is 14. The Bertz CT molecular complexity index is 4530. The zero-order valence-electron chi connectivity index (χ0n) is 74.5. The van der Waals surface area contributed by atoms with Gasteiger partial charge in [0.2, 0.25) is 0 Å². The Labute approximate surface area is 712 Å². The number of amides is 5. The Balaban J connectivity index is 0.000000225. The summed E-state index contributed by atoms with van der Waals surface area (Å²) in [5.74, 6) is -1.84. The second-order valence-corrected chi connectivity index (χ2v) is 53.8. The molecule has 5 aromatic carbocycles. The first-order chi connectivity index (χ1) is 55.2. The van der Waals surface area contributed by atoms with E-state index in [4.69, 9.17) is 42.7 Å². The van der Waals surface area contributed by atoms with E-state index in [1.807, 2.05) is 142 Å². The van der Waals surface area contributed by atoms with E-state index in [1.54, 1.807) is 32.9 Å². The van der Waals surface area contributed by atoms with Crippen molar-refractivity contribution in [3.8, 4) is 0 Å². The van der Waals surface area contributed by atoms with Crippen molar-refractivity contribution >= 4 is 88.1 Å². The summed E-state index contributed by atoms with van der Waals surface area (Å²) in [6.07, 6.45) is 4.55. The molecule has 0 bridgehead atoms. The molecule has 1 unspecified atom stereocenters. The molecular formula is C92H136F3N9O13Si3. The van der Waals surface area contributed by atoms with Gasteiger partial charge in [0.15, 0.2) is 25.0 Å². The van der Waals surface area contributed by atoms with Crippen molar-refractivity contribution in [1.82, 2.24) is 40.3 Å². The number of nitrogens with zero attached hydrogens (tertiary/aromatic N) is 3. The van der Waals surface area contributed by atoms with Gasteiger partial charge in [-0.25, -0.2) is 37.1 Å². The fourth-order valence-corrected chi connectivity index (χ4v) is 18.9. The molecule has 3 saturated heterocycles. The summed E-state index contributed by atoms with van der Waals surface area (Å²) in [5.41, 5.74) is 10.8. The zero-order valence-corrected chi connectivity index (χ0v) is 77.5. The Morgan fingerprint density at radius 3 is 0.950 bits per heavy atom. The molecule has 22 nitrogen and oxygen atoms in total. The summed E-state index contributed by atoms with van der Waals surface area (Å²) in [6.45, 7) is 51.9. The molecule has 0 radical (unpaired) electrons. The highest BCUT2D eigenvalue weighted by Gasteiger charge is 2.51. The molecule has 5 amide bonds. The van der Waals surface area contributed by atoms with Gasteiger partial charge in [0.05, 0.1) is 18.3 Å². The van der Waals surface area contributed by atoms with Gasteiger partial charge < -0.3 is 83.0 Å². The first kappa shape index (κ1) is 96.8. The van der Waals surface area contributed by atoms with Crippen molar-refractivity contribution in [3.63, 3.8) is 0 Å². The number of rotatable bonds is 21. The maximum atomic E-state index is 14.1. The molecule has 11 rings (SSSR count). The summed E-state index contributed by atoms with van der Waals surface area (Å²) in [4.78, 5) is 81.1. The normalized spacial score (nSPS) is 19.0. The number of nitrogens with one attached hydrogen (secondary N) is 5. The van der Waals surface area contributed by atoms with Crippen LogP contribution in [0, 0.1) is 17.5 Å². The number of aromatic nitrogens is 3. The summed E-state index contributed by atoms with van der Waals surface area (Å²) < 4.78 is 90.7. The van der Waals surface area contributed by atoms with Gasteiger partial charge >= 0.3 is 30.5 Å². The van der Waals surface area contributed by atoms with Crippen molar-refractivity contribution in [2.75, 3.05) is 39.3 Å². The van der Waals surface area contributed by atoms with Crippen LogP contribution in [0.3, 0.4) is 0 Å². The second-order valence-electron chi connectivity index (χ2n) is 39.5. The van der Waals surface area contributed by atoms with E-state index in [0.717, 1.165) is 49.5 Å². The third kappa shape index (κ3) is 25.5. The Hall–Kier alpha value is -8.65. The summed E-state index contributed by atoms with van der Waals surface area (Å²) in [7, 11) is -6.34. The number of aromatic amines is 3. The van der Waals surface area contributed by atoms with Crippen LogP contribution in [-0.2, 0) is 50.2 Å². The van der Waals surface area contributed by atoms with Gasteiger partial charge in [-0.05, 0) is 218 Å². The molecule has 0 aliphatic carbocycles. The lowest BCUT2D eigenvalue weighted by Gasteiger charge is -2.38. The third-order valence-corrected chi connectivity index (χ3v) is 37.4. The molecule has 7 N–H and O–H groups in total. The number of hydrogen-bond donors (Lipinski definition) is 6. The molecular weight excluding hydrogens is 1580 g/mol. The van der Waals surface area contributed by atoms with Crippen LogP contribution in [0.2, 0.25) is 54.4 Å². The first-order valence-electron chi connectivity index (χ1n) is 41.6. The van der Waals surface area contributed by atoms with Crippen molar-refractivity contribution in [3.05, 3.63) is 179 Å². The second kappa shape index (κ2) is 38.8. The highest BCUT2D eigenvalue weighted by molar-refractivity contribution is 6.75. The van der Waals surface area contributed by atoms with Crippen LogP contribution < -0.4 is 16.4 Å². The van der Waals surface area contributed by atoms with Crippen molar-refractivity contribution in [1.29, 1.82) is 0 Å². The predicted molar refractivity (Wildman–Crippen MR) is 478 cm³/mol. The summed E-state index contributed by atoms with van der Waals surface area (Å²) in [5, 5.41) is 8.48. The number of carbonyl (C=O) groups excluding carboxylic acids is 5. The molecule has 9 atom stereocenters. The van der Waals surface area contributed by atoms with Gasteiger partial charge in [0, 0.05) is 126 Å². The quantitative estimate of drug-likeness (QED) is 0.0289. The Morgan fingerprint density at radius 1 is 0.425 bits per heavy atom. The molecule has 8 aromatic rings. The number of carbonyl (C=O) groups is 5. The lowest BCUT2D eigenvalue weighted by atomic mass is 9.89. The Morgan fingerprint density at radius 2 is 0.692 bits per heavy atom. The minimum absolute atomic E-state index is 0. The SMILES string of the molecule is C.CC(C)(C)OC(=O)N1C[C@H](O[Si](C)(C)C(C)(C)C)C[C@H]1C(CN)c1c[nH]c2cc(F)ccc12.CC(C)(C)OC(=O)N1C[C@H](O[Si](C)(C)C(C)(C)C)C[C@H]1[C@@H](CNC(=O)OCc1ccccc1)c1c[nH]c2cc(F)ccc12.CC(C)(C)OC(=O)N1C[C@H](O[Si](C)(C)C(C)(C)C)C[C@H]1[C@H](CNC(=O)OCc1ccccc1)c1c[nH]c2cc(F)ccc12. The fraction of sp³-hybridized carbons (Fsp3) is 0.554. The molecule has 6 heterocycles. The van der Waals surface area contributed by atoms with Crippen LogP contribution in [0.4, 0.5) is 37.1 Å². The number of benzene rings is 5. The maximum absolute atomic E-state index is 14.1. The zero-order chi connectivity index (χ0) is 87.9. The number of nitrogens with two attached hydrogens (primary N) is 1. The van der Waals surface area contributed by atoms with E-state index < -0.39 is 66.1 Å². The Kier molecular flexibility index (Phi) is 31.3. The van der Waals surface area contributed by atoms with E-state index >= 15 is 0 Å². The minimum Gasteiger partial charge on any atom is -0.445 e. The van der Waals surface area contributed by atoms with Crippen LogP contribution in [0.1, 0.15) is 197 Å². The number of fused-ring (bicyclic) bond motifs is 3. The molecule has 3 aromatic heterocycles. The van der Waals surface area contributed by atoms with Crippen molar-refractivity contribution in [2.24, 2.45) is 5.73 Å². The van der Waals surface area contributed by atoms with E-state index in [2.05, 4.69) is 127 Å². The maximum Gasteiger partial charge on any atom is 0.410 e. The lowest BCUT2D eigenvalue weighted by Crippen LogP contribution is -2.46. The van der Waals surface area contributed by atoms with Gasteiger partial charge in [0.25, 0.3) is 0 Å². The van der Waals surface area contributed by atoms with Gasteiger partial charge in [-0.1, -0.05) is 130 Å². The molecule has 0 saturated carbocycles. The molecule has 3 aliphatic heterocycles. The summed E-state index contributed by atoms with van der Waals surface area (Å²) >= 11 is 0.